The highest BCUT2D eigenvalue weighted by molar-refractivity contribution is 7.19. The van der Waals surface area contributed by atoms with Crippen molar-refractivity contribution >= 4 is 9.24 Å². The summed E-state index contributed by atoms with van der Waals surface area (Å²) in [5.41, 5.74) is 6.54. The molecule has 13 heavy (non-hydrogen) atoms. The first kappa shape index (κ1) is 8.68. The fourth-order valence-electron chi connectivity index (χ4n) is 4.76. The number of rotatable bonds is 1. The summed E-state index contributed by atoms with van der Waals surface area (Å²) in [6, 6.07) is 0. The van der Waals surface area contributed by atoms with Crippen LogP contribution in [0.2, 0.25) is 0 Å². The van der Waals surface area contributed by atoms with Gasteiger partial charge in [0.25, 0.3) is 0 Å². The van der Waals surface area contributed by atoms with Gasteiger partial charge in [0.05, 0.1) is 0 Å². The molecule has 4 rings (SSSR count). The molecule has 4 aliphatic carbocycles. The molecule has 1 nitrogen and oxygen atoms in total. The van der Waals surface area contributed by atoms with Gasteiger partial charge >= 0.3 is 0 Å². The molecule has 4 bridgehead atoms. The van der Waals surface area contributed by atoms with Crippen LogP contribution >= 0.6 is 9.24 Å². The van der Waals surface area contributed by atoms with Gasteiger partial charge in [0.1, 0.15) is 0 Å². The molecule has 3 unspecified atom stereocenters. The topological polar surface area (TPSA) is 26.0 Å². The van der Waals surface area contributed by atoms with Crippen molar-refractivity contribution in [3.05, 3.63) is 0 Å². The van der Waals surface area contributed by atoms with Crippen molar-refractivity contribution in [3.63, 3.8) is 0 Å². The van der Waals surface area contributed by atoms with Crippen molar-refractivity contribution in [2.24, 2.45) is 23.0 Å². The van der Waals surface area contributed by atoms with Gasteiger partial charge in [-0.2, -0.15) is 0 Å². The zero-order valence-corrected chi connectivity index (χ0v) is 9.41. The maximum Gasteiger partial charge on any atom is -0.00200 e. The van der Waals surface area contributed by atoms with E-state index in [1.165, 1.54) is 38.5 Å². The van der Waals surface area contributed by atoms with E-state index in [0.717, 1.165) is 18.4 Å². The zero-order valence-electron chi connectivity index (χ0n) is 8.26. The molecule has 0 aliphatic heterocycles. The lowest BCUT2D eigenvalue weighted by molar-refractivity contribution is -0.0316. The third-order valence-electron chi connectivity index (χ3n) is 4.66. The second kappa shape index (κ2) is 2.49. The van der Waals surface area contributed by atoms with Gasteiger partial charge in [-0.15, -0.1) is 9.24 Å². The van der Waals surface area contributed by atoms with E-state index >= 15 is 0 Å². The summed E-state index contributed by atoms with van der Waals surface area (Å²) in [4.78, 5) is 0. The van der Waals surface area contributed by atoms with Crippen LogP contribution in [0.4, 0.5) is 0 Å². The standard InChI is InChI=1S/C11H20NP/c12-7-10-2-8-1-9(3-10)5-11(13,4-8)6-10/h8-9H,1-7,12-13H2. The first-order valence-electron chi connectivity index (χ1n) is 5.62. The second-order valence-electron chi connectivity index (χ2n) is 6.03. The van der Waals surface area contributed by atoms with Gasteiger partial charge in [-0.3, -0.25) is 0 Å². The highest BCUT2D eigenvalue weighted by atomic mass is 31.0. The Labute approximate surface area is 83.0 Å². The second-order valence-corrected chi connectivity index (χ2v) is 7.25. The Morgan fingerprint density at radius 1 is 1.15 bits per heavy atom. The molecule has 3 atom stereocenters. The third kappa shape index (κ3) is 1.20. The van der Waals surface area contributed by atoms with Crippen LogP contribution in [-0.2, 0) is 0 Å². The fraction of sp³-hybridized carbons (Fsp3) is 1.00. The van der Waals surface area contributed by atoms with Crippen LogP contribution in [0.1, 0.15) is 38.5 Å². The van der Waals surface area contributed by atoms with Gasteiger partial charge in [-0.05, 0) is 67.5 Å². The number of nitrogens with two attached hydrogens (primary N) is 1. The Bertz CT molecular complexity index is 224. The van der Waals surface area contributed by atoms with Crippen LogP contribution in [0.3, 0.4) is 0 Å². The summed E-state index contributed by atoms with van der Waals surface area (Å²) in [6.45, 7) is 0.941. The average molecular weight is 197 g/mol. The molecule has 0 saturated heterocycles. The van der Waals surface area contributed by atoms with Crippen molar-refractivity contribution < 1.29 is 0 Å². The summed E-state index contributed by atoms with van der Waals surface area (Å²) in [5.74, 6) is 2.03. The van der Waals surface area contributed by atoms with Crippen molar-refractivity contribution in [2.75, 3.05) is 6.54 Å². The van der Waals surface area contributed by atoms with Crippen molar-refractivity contribution in [1.82, 2.24) is 0 Å². The molecule has 2 N–H and O–H groups in total. The SMILES string of the molecule is NCC12CC3CC(CC(P)(C3)C1)C2. The molecule has 74 valence electrons. The first-order valence-corrected chi connectivity index (χ1v) is 6.20. The highest BCUT2D eigenvalue weighted by Crippen LogP contribution is 2.63. The summed E-state index contributed by atoms with van der Waals surface area (Å²) >= 11 is 0. The monoisotopic (exact) mass is 197 g/mol. The van der Waals surface area contributed by atoms with Gasteiger partial charge < -0.3 is 5.73 Å². The minimum absolute atomic E-state index is 0.561. The van der Waals surface area contributed by atoms with E-state index in [1.807, 2.05) is 0 Å². The smallest absolute Gasteiger partial charge is 0.00200 e. The minimum Gasteiger partial charge on any atom is -0.330 e. The molecule has 4 fully saturated rings. The van der Waals surface area contributed by atoms with Gasteiger partial charge in [-0.1, -0.05) is 0 Å². The first-order chi connectivity index (χ1) is 6.13. The molecule has 0 amide bonds. The van der Waals surface area contributed by atoms with E-state index in [2.05, 4.69) is 9.24 Å². The predicted molar refractivity (Wildman–Crippen MR) is 58.6 cm³/mol. The highest BCUT2D eigenvalue weighted by Gasteiger charge is 2.55. The molecule has 0 radical (unpaired) electrons. The Balaban J connectivity index is 1.95. The Morgan fingerprint density at radius 2 is 1.77 bits per heavy atom. The van der Waals surface area contributed by atoms with Crippen molar-refractivity contribution in [3.8, 4) is 0 Å². The predicted octanol–water partition coefficient (Wildman–Crippen LogP) is 2.16. The van der Waals surface area contributed by atoms with Crippen LogP contribution < -0.4 is 5.73 Å². The van der Waals surface area contributed by atoms with E-state index in [4.69, 9.17) is 5.73 Å². The van der Waals surface area contributed by atoms with Gasteiger partial charge in [0.2, 0.25) is 0 Å². The van der Waals surface area contributed by atoms with E-state index in [1.54, 1.807) is 0 Å². The third-order valence-corrected chi connectivity index (χ3v) is 5.34. The summed E-state index contributed by atoms with van der Waals surface area (Å²) < 4.78 is 0. The summed E-state index contributed by atoms with van der Waals surface area (Å²) in [7, 11) is 3.16. The largest absolute Gasteiger partial charge is 0.330 e. The van der Waals surface area contributed by atoms with Crippen LogP contribution in [-0.4, -0.2) is 11.7 Å². The molecule has 2 heteroatoms. The molecule has 0 aromatic heterocycles. The lowest BCUT2D eigenvalue weighted by Crippen LogP contribution is -2.55. The van der Waals surface area contributed by atoms with Crippen LogP contribution in [0, 0.1) is 17.3 Å². The molecular weight excluding hydrogens is 177 g/mol. The van der Waals surface area contributed by atoms with E-state index in [9.17, 15) is 0 Å². The molecule has 4 saturated carbocycles. The van der Waals surface area contributed by atoms with E-state index < -0.39 is 0 Å². The molecule has 0 aromatic carbocycles. The van der Waals surface area contributed by atoms with Crippen molar-refractivity contribution in [2.45, 2.75) is 43.7 Å². The van der Waals surface area contributed by atoms with Gasteiger partial charge in [0, 0.05) is 0 Å². The van der Waals surface area contributed by atoms with Gasteiger partial charge in [0.15, 0.2) is 0 Å². The van der Waals surface area contributed by atoms with Crippen LogP contribution in [0.5, 0.6) is 0 Å². The normalized spacial score (nSPS) is 58.6. The number of hydrogen-bond donors (Lipinski definition) is 1. The Morgan fingerprint density at radius 3 is 2.23 bits per heavy atom. The lowest BCUT2D eigenvalue weighted by Gasteiger charge is -2.61. The molecule has 0 heterocycles. The van der Waals surface area contributed by atoms with Gasteiger partial charge in [-0.25, -0.2) is 0 Å². The van der Waals surface area contributed by atoms with Crippen LogP contribution in [0.15, 0.2) is 0 Å². The maximum absolute atomic E-state index is 5.98. The van der Waals surface area contributed by atoms with Crippen LogP contribution in [0.25, 0.3) is 0 Å². The molecule has 0 spiro atoms. The molecule has 4 aliphatic rings. The van der Waals surface area contributed by atoms with Crippen molar-refractivity contribution in [1.29, 1.82) is 0 Å². The fourth-order valence-corrected chi connectivity index (χ4v) is 5.86. The average Bonchev–Trinajstić information content (AvgIpc) is 1.99. The Kier molecular flexibility index (Phi) is 1.66. The maximum atomic E-state index is 5.98. The summed E-state index contributed by atoms with van der Waals surface area (Å²) in [6.07, 6.45) is 8.73. The molecule has 0 aromatic rings. The number of hydrogen-bond acceptors (Lipinski definition) is 1. The van der Waals surface area contributed by atoms with E-state index in [0.29, 0.717) is 10.6 Å². The quantitative estimate of drug-likeness (QED) is 0.640. The lowest BCUT2D eigenvalue weighted by atomic mass is 9.49. The zero-order chi connectivity index (χ0) is 9.10. The minimum atomic E-state index is 0.561. The summed E-state index contributed by atoms with van der Waals surface area (Å²) in [5, 5.41) is 0.601. The molecular formula is C11H20NP. The van der Waals surface area contributed by atoms with E-state index in [-0.39, 0.29) is 0 Å². The Hall–Kier alpha value is 0.390.